The molecule has 19 heavy (non-hydrogen) atoms. The van der Waals surface area contributed by atoms with E-state index in [0.717, 1.165) is 5.56 Å². The summed E-state index contributed by atoms with van der Waals surface area (Å²) in [5.74, 6) is -0.346. The Labute approximate surface area is 114 Å². The quantitative estimate of drug-likeness (QED) is 0.819. The minimum absolute atomic E-state index is 0.0499. The molecule has 0 heterocycles. The number of likely N-dealkylation sites (N-methyl/N-ethyl adjacent to an activating group) is 2. The summed E-state index contributed by atoms with van der Waals surface area (Å²) in [4.78, 5) is 26.4. The lowest BCUT2D eigenvalue weighted by atomic mass is 10.1. The Bertz CT molecular complexity index is 432. The van der Waals surface area contributed by atoms with Crippen LogP contribution in [0.25, 0.3) is 0 Å². The van der Waals surface area contributed by atoms with Crippen LogP contribution in [0.3, 0.4) is 0 Å². The summed E-state index contributed by atoms with van der Waals surface area (Å²) >= 11 is 0. The number of amides is 2. The van der Waals surface area contributed by atoms with Gasteiger partial charge in [0.05, 0.1) is 12.6 Å². The molecule has 0 saturated carbocycles. The van der Waals surface area contributed by atoms with Gasteiger partial charge in [0.2, 0.25) is 11.8 Å². The number of benzene rings is 1. The predicted molar refractivity (Wildman–Crippen MR) is 74.5 cm³/mol. The molecular formula is C14H21N3O2. The third-order valence-electron chi connectivity index (χ3n) is 2.86. The second-order valence-electron chi connectivity index (χ2n) is 4.78. The molecule has 1 unspecified atom stereocenters. The minimum Gasteiger partial charge on any atom is -0.347 e. The van der Waals surface area contributed by atoms with Gasteiger partial charge >= 0.3 is 0 Å². The summed E-state index contributed by atoms with van der Waals surface area (Å²) < 4.78 is 0. The first kappa shape index (κ1) is 15.2. The summed E-state index contributed by atoms with van der Waals surface area (Å²) in [6.07, 6.45) is 0.472. The lowest BCUT2D eigenvalue weighted by molar-refractivity contribution is -0.138. The zero-order chi connectivity index (χ0) is 14.4. The number of nitrogens with zero attached hydrogens (tertiary/aromatic N) is 2. The molecule has 1 aromatic rings. The van der Waals surface area contributed by atoms with Crippen molar-refractivity contribution in [3.63, 3.8) is 0 Å². The zero-order valence-electron chi connectivity index (χ0n) is 11.7. The lowest BCUT2D eigenvalue weighted by Gasteiger charge is -2.22. The van der Waals surface area contributed by atoms with Crippen molar-refractivity contribution < 1.29 is 9.59 Å². The number of rotatable bonds is 5. The predicted octanol–water partition coefficient (Wildman–Crippen LogP) is 0.103. The van der Waals surface area contributed by atoms with Crippen molar-refractivity contribution >= 4 is 11.8 Å². The maximum atomic E-state index is 12.0. The molecule has 0 bridgehead atoms. The molecule has 2 N–H and O–H groups in total. The van der Waals surface area contributed by atoms with Crippen molar-refractivity contribution in [3.05, 3.63) is 35.9 Å². The van der Waals surface area contributed by atoms with Crippen LogP contribution in [0.4, 0.5) is 0 Å². The Morgan fingerprint density at radius 1 is 1.16 bits per heavy atom. The van der Waals surface area contributed by atoms with Gasteiger partial charge in [-0.15, -0.1) is 0 Å². The molecule has 1 atom stereocenters. The smallest absolute Gasteiger partial charge is 0.241 e. The van der Waals surface area contributed by atoms with Crippen molar-refractivity contribution in [1.29, 1.82) is 0 Å². The Hall–Kier alpha value is -1.88. The highest BCUT2D eigenvalue weighted by molar-refractivity contribution is 5.87. The van der Waals surface area contributed by atoms with Crippen LogP contribution in [-0.2, 0) is 16.0 Å². The molecule has 1 aromatic carbocycles. The fourth-order valence-corrected chi connectivity index (χ4v) is 1.66. The van der Waals surface area contributed by atoms with Gasteiger partial charge in [-0.05, 0) is 12.0 Å². The summed E-state index contributed by atoms with van der Waals surface area (Å²) in [7, 11) is 4.91. The van der Waals surface area contributed by atoms with Gasteiger partial charge in [-0.3, -0.25) is 9.59 Å². The van der Waals surface area contributed by atoms with Gasteiger partial charge in [0.1, 0.15) is 0 Å². The molecule has 5 heteroatoms. The molecule has 0 aliphatic rings. The highest BCUT2D eigenvalue weighted by atomic mass is 16.2. The Kier molecular flexibility index (Phi) is 5.51. The van der Waals surface area contributed by atoms with E-state index < -0.39 is 6.04 Å². The monoisotopic (exact) mass is 263 g/mol. The first-order chi connectivity index (χ1) is 8.91. The molecule has 2 amide bonds. The van der Waals surface area contributed by atoms with Gasteiger partial charge in [0.15, 0.2) is 0 Å². The van der Waals surface area contributed by atoms with Gasteiger partial charge in [-0.2, -0.15) is 0 Å². The number of nitrogens with two attached hydrogens (primary N) is 1. The zero-order valence-corrected chi connectivity index (χ0v) is 11.7. The second-order valence-corrected chi connectivity index (χ2v) is 4.78. The molecule has 0 aliphatic heterocycles. The maximum Gasteiger partial charge on any atom is 0.241 e. The standard InChI is InChI=1S/C14H21N3O2/c1-16(2)13(18)10-17(3)14(19)12(15)9-11-7-5-4-6-8-11/h4-8,12H,9-10,15H2,1-3H3. The number of hydrogen-bond acceptors (Lipinski definition) is 3. The average molecular weight is 263 g/mol. The van der Waals surface area contributed by atoms with Crippen LogP contribution in [0.5, 0.6) is 0 Å². The van der Waals surface area contributed by atoms with E-state index in [-0.39, 0.29) is 18.4 Å². The van der Waals surface area contributed by atoms with E-state index >= 15 is 0 Å². The molecule has 0 aromatic heterocycles. The van der Waals surface area contributed by atoms with Crippen LogP contribution in [0.15, 0.2) is 30.3 Å². The molecule has 104 valence electrons. The molecule has 5 nitrogen and oxygen atoms in total. The largest absolute Gasteiger partial charge is 0.347 e. The first-order valence-corrected chi connectivity index (χ1v) is 6.16. The topological polar surface area (TPSA) is 66.6 Å². The molecule has 0 fully saturated rings. The normalized spacial score (nSPS) is 11.8. The molecular weight excluding hydrogens is 242 g/mol. The highest BCUT2D eigenvalue weighted by Gasteiger charge is 2.20. The summed E-state index contributed by atoms with van der Waals surface area (Å²) in [6, 6.07) is 8.97. The number of carbonyl (C=O) groups excluding carboxylic acids is 2. The molecule has 1 rings (SSSR count). The van der Waals surface area contributed by atoms with Crippen LogP contribution >= 0.6 is 0 Å². The first-order valence-electron chi connectivity index (χ1n) is 6.16. The van der Waals surface area contributed by atoms with Crippen molar-refractivity contribution in [3.8, 4) is 0 Å². The molecule has 0 spiro atoms. The number of carbonyl (C=O) groups is 2. The maximum absolute atomic E-state index is 12.0. The fourth-order valence-electron chi connectivity index (χ4n) is 1.66. The van der Waals surface area contributed by atoms with Gasteiger partial charge in [-0.1, -0.05) is 30.3 Å². The SMILES string of the molecule is CN(C)C(=O)CN(C)C(=O)C(N)Cc1ccccc1. The van der Waals surface area contributed by atoms with E-state index in [1.165, 1.54) is 9.80 Å². The third-order valence-corrected chi connectivity index (χ3v) is 2.86. The Morgan fingerprint density at radius 3 is 2.26 bits per heavy atom. The van der Waals surface area contributed by atoms with Gasteiger partial charge in [0, 0.05) is 21.1 Å². The van der Waals surface area contributed by atoms with Crippen LogP contribution in [-0.4, -0.2) is 55.3 Å². The number of hydrogen-bond donors (Lipinski definition) is 1. The molecule has 0 aliphatic carbocycles. The van der Waals surface area contributed by atoms with Gasteiger partial charge in [-0.25, -0.2) is 0 Å². The van der Waals surface area contributed by atoms with E-state index in [4.69, 9.17) is 5.73 Å². The van der Waals surface area contributed by atoms with Crippen molar-refractivity contribution in [2.24, 2.45) is 5.73 Å². The van der Waals surface area contributed by atoms with Crippen LogP contribution in [0.2, 0.25) is 0 Å². The van der Waals surface area contributed by atoms with Crippen molar-refractivity contribution in [2.75, 3.05) is 27.7 Å². The summed E-state index contributed by atoms with van der Waals surface area (Å²) in [5, 5.41) is 0. The minimum atomic E-state index is -0.623. The highest BCUT2D eigenvalue weighted by Crippen LogP contribution is 2.03. The second kappa shape index (κ2) is 6.89. The van der Waals surface area contributed by atoms with Gasteiger partial charge < -0.3 is 15.5 Å². The fraction of sp³-hybridized carbons (Fsp3) is 0.429. The van der Waals surface area contributed by atoms with E-state index in [1.54, 1.807) is 21.1 Å². The van der Waals surface area contributed by atoms with Crippen LogP contribution in [0, 0.1) is 0 Å². The summed E-state index contributed by atoms with van der Waals surface area (Å²) in [6.45, 7) is 0.0499. The van der Waals surface area contributed by atoms with Crippen molar-refractivity contribution in [1.82, 2.24) is 9.80 Å². The average Bonchev–Trinajstić information content (AvgIpc) is 2.38. The van der Waals surface area contributed by atoms with E-state index in [0.29, 0.717) is 6.42 Å². The summed E-state index contributed by atoms with van der Waals surface area (Å²) in [5.41, 5.74) is 6.90. The van der Waals surface area contributed by atoms with Crippen molar-refractivity contribution in [2.45, 2.75) is 12.5 Å². The van der Waals surface area contributed by atoms with Crippen LogP contribution < -0.4 is 5.73 Å². The Balaban J connectivity index is 2.54. The Morgan fingerprint density at radius 2 is 1.74 bits per heavy atom. The third kappa shape index (κ3) is 4.71. The van der Waals surface area contributed by atoms with E-state index in [2.05, 4.69) is 0 Å². The molecule has 0 radical (unpaired) electrons. The van der Waals surface area contributed by atoms with E-state index in [1.807, 2.05) is 30.3 Å². The van der Waals surface area contributed by atoms with Gasteiger partial charge in [0.25, 0.3) is 0 Å². The van der Waals surface area contributed by atoms with E-state index in [9.17, 15) is 9.59 Å². The lowest BCUT2D eigenvalue weighted by Crippen LogP contribution is -2.46. The molecule has 0 saturated heterocycles. The van der Waals surface area contributed by atoms with Crippen LogP contribution in [0.1, 0.15) is 5.56 Å².